The van der Waals surface area contributed by atoms with Gasteiger partial charge in [-0.25, -0.2) is 4.39 Å². The summed E-state index contributed by atoms with van der Waals surface area (Å²) in [6, 6.07) is 3.99. The van der Waals surface area contributed by atoms with E-state index in [1.807, 2.05) is 0 Å². The third-order valence-electron chi connectivity index (χ3n) is 2.31. The van der Waals surface area contributed by atoms with Crippen molar-refractivity contribution in [1.82, 2.24) is 0 Å². The van der Waals surface area contributed by atoms with Gasteiger partial charge in [0.2, 0.25) is 0 Å². The van der Waals surface area contributed by atoms with E-state index in [9.17, 15) is 9.50 Å². The van der Waals surface area contributed by atoms with Crippen molar-refractivity contribution in [3.63, 3.8) is 0 Å². The molecule has 2 N–H and O–H groups in total. The first-order valence-corrected chi connectivity index (χ1v) is 4.45. The highest BCUT2D eigenvalue weighted by molar-refractivity contribution is 5.37. The highest BCUT2D eigenvalue weighted by Gasteiger charge is 2.26. The van der Waals surface area contributed by atoms with E-state index in [1.165, 1.54) is 18.2 Å². The van der Waals surface area contributed by atoms with Gasteiger partial charge in [0.1, 0.15) is 17.7 Å². The lowest BCUT2D eigenvalue weighted by Gasteiger charge is -2.28. The first kappa shape index (κ1) is 9.43. The maximum Gasteiger partial charge on any atom is 0.125 e. The summed E-state index contributed by atoms with van der Waals surface area (Å²) in [6.07, 6.45) is -0.859. The molecule has 1 aromatic rings. The summed E-state index contributed by atoms with van der Waals surface area (Å²) >= 11 is 0. The number of hydrogen-bond donors (Lipinski definition) is 2. The summed E-state index contributed by atoms with van der Waals surface area (Å²) in [5.74, 6) is 0.0537. The molecule has 0 saturated carbocycles. The van der Waals surface area contributed by atoms with Crippen LogP contribution in [0.5, 0.6) is 5.75 Å². The molecule has 1 aliphatic rings. The van der Waals surface area contributed by atoms with Crippen molar-refractivity contribution >= 4 is 0 Å². The smallest absolute Gasteiger partial charge is 0.125 e. The Morgan fingerprint density at radius 1 is 1.50 bits per heavy atom. The molecule has 0 unspecified atom stereocenters. The Hall–Kier alpha value is -1.13. The van der Waals surface area contributed by atoms with Crippen molar-refractivity contribution in [3.8, 4) is 5.75 Å². The van der Waals surface area contributed by atoms with E-state index in [4.69, 9.17) is 9.84 Å². The Labute approximate surface area is 80.8 Å². The van der Waals surface area contributed by atoms with Gasteiger partial charge < -0.3 is 14.9 Å². The molecule has 2 atom stereocenters. The highest BCUT2D eigenvalue weighted by atomic mass is 19.1. The van der Waals surface area contributed by atoms with Crippen molar-refractivity contribution in [2.24, 2.45) is 0 Å². The number of aliphatic hydroxyl groups excluding tert-OH is 2. The molecule has 3 nitrogen and oxygen atoms in total. The highest BCUT2D eigenvalue weighted by Crippen LogP contribution is 2.34. The predicted octanol–water partition coefficient (Wildman–Crippen LogP) is 1.00. The van der Waals surface area contributed by atoms with Crippen LogP contribution >= 0.6 is 0 Å². The van der Waals surface area contributed by atoms with Gasteiger partial charge in [-0.1, -0.05) is 0 Å². The van der Waals surface area contributed by atoms with Crippen LogP contribution in [0.4, 0.5) is 4.39 Å². The molecule has 0 fully saturated rings. The minimum absolute atomic E-state index is 0.145. The molecule has 0 aromatic heterocycles. The summed E-state index contributed by atoms with van der Waals surface area (Å²) in [5, 5.41) is 18.5. The predicted molar refractivity (Wildman–Crippen MR) is 47.5 cm³/mol. The second-order valence-corrected chi connectivity index (χ2v) is 3.36. The number of ether oxygens (including phenoxy) is 1. The van der Waals surface area contributed by atoms with Gasteiger partial charge in [-0.15, -0.1) is 0 Å². The van der Waals surface area contributed by atoms with Crippen molar-refractivity contribution in [2.75, 3.05) is 6.61 Å². The molecule has 1 heterocycles. The van der Waals surface area contributed by atoms with Crippen LogP contribution in [0.15, 0.2) is 18.2 Å². The minimum atomic E-state index is -0.758. The first-order valence-electron chi connectivity index (χ1n) is 4.45. The molecule has 0 radical (unpaired) electrons. The van der Waals surface area contributed by atoms with E-state index in [0.29, 0.717) is 17.7 Å². The molecule has 0 spiro atoms. The number of halogens is 1. The zero-order valence-electron chi connectivity index (χ0n) is 7.48. The number of benzene rings is 1. The summed E-state index contributed by atoms with van der Waals surface area (Å²) in [6.45, 7) is -0.145. The largest absolute Gasteiger partial charge is 0.488 e. The van der Waals surface area contributed by atoms with Crippen molar-refractivity contribution in [3.05, 3.63) is 29.6 Å². The van der Waals surface area contributed by atoms with Crippen molar-refractivity contribution < 1.29 is 19.3 Å². The van der Waals surface area contributed by atoms with E-state index in [2.05, 4.69) is 0 Å². The van der Waals surface area contributed by atoms with Gasteiger partial charge in [-0.2, -0.15) is 0 Å². The monoisotopic (exact) mass is 198 g/mol. The maximum absolute atomic E-state index is 12.8. The Balaban J connectivity index is 2.35. The first-order chi connectivity index (χ1) is 6.70. The number of rotatable bonds is 1. The number of hydrogen-bond acceptors (Lipinski definition) is 3. The van der Waals surface area contributed by atoms with Gasteiger partial charge in [-0.3, -0.25) is 0 Å². The lowest BCUT2D eigenvalue weighted by Crippen LogP contribution is -2.28. The molecule has 0 amide bonds. The van der Waals surface area contributed by atoms with Gasteiger partial charge in [0.25, 0.3) is 0 Å². The fourth-order valence-electron chi connectivity index (χ4n) is 1.60. The minimum Gasteiger partial charge on any atom is -0.488 e. The molecular formula is C10H11FO3. The van der Waals surface area contributed by atoms with Crippen LogP contribution in [0.3, 0.4) is 0 Å². The van der Waals surface area contributed by atoms with Crippen molar-refractivity contribution in [2.45, 2.75) is 18.6 Å². The fraction of sp³-hybridized carbons (Fsp3) is 0.400. The second-order valence-electron chi connectivity index (χ2n) is 3.36. The third-order valence-corrected chi connectivity index (χ3v) is 2.31. The molecule has 14 heavy (non-hydrogen) atoms. The average Bonchev–Trinajstić information content (AvgIpc) is 2.19. The molecule has 1 aliphatic heterocycles. The molecule has 0 aliphatic carbocycles. The van der Waals surface area contributed by atoms with Crippen LogP contribution in [-0.2, 0) is 0 Å². The van der Waals surface area contributed by atoms with Crippen LogP contribution in [0.25, 0.3) is 0 Å². The quantitative estimate of drug-likeness (QED) is 0.707. The Morgan fingerprint density at radius 3 is 3.00 bits per heavy atom. The SMILES string of the molecule is OC[C@@H]1C[C@H](O)c2cc(F)ccc2O1. The summed E-state index contributed by atoms with van der Waals surface area (Å²) in [5.41, 5.74) is 0.453. The zero-order chi connectivity index (χ0) is 10.1. The maximum atomic E-state index is 12.8. The summed E-state index contributed by atoms with van der Waals surface area (Å²) in [4.78, 5) is 0. The molecule has 4 heteroatoms. The van der Waals surface area contributed by atoms with E-state index < -0.39 is 18.0 Å². The van der Waals surface area contributed by atoms with Crippen LogP contribution in [-0.4, -0.2) is 22.9 Å². The Kier molecular flexibility index (Phi) is 2.39. The zero-order valence-corrected chi connectivity index (χ0v) is 7.48. The van der Waals surface area contributed by atoms with E-state index in [1.54, 1.807) is 0 Å². The Morgan fingerprint density at radius 2 is 2.29 bits per heavy atom. The normalized spacial score (nSPS) is 25.4. The molecular weight excluding hydrogens is 187 g/mol. The molecule has 0 bridgehead atoms. The lowest BCUT2D eigenvalue weighted by atomic mass is 9.99. The van der Waals surface area contributed by atoms with E-state index in [-0.39, 0.29) is 6.61 Å². The topological polar surface area (TPSA) is 49.7 Å². The fourth-order valence-corrected chi connectivity index (χ4v) is 1.60. The summed E-state index contributed by atoms with van der Waals surface area (Å²) < 4.78 is 18.2. The second kappa shape index (κ2) is 3.55. The van der Waals surface area contributed by atoms with Crippen molar-refractivity contribution in [1.29, 1.82) is 0 Å². The summed E-state index contributed by atoms with van der Waals surface area (Å²) in [7, 11) is 0. The Bertz CT molecular complexity index is 340. The van der Waals surface area contributed by atoms with Gasteiger partial charge in [-0.05, 0) is 18.2 Å². The molecule has 0 saturated heterocycles. The van der Waals surface area contributed by atoms with E-state index in [0.717, 1.165) is 0 Å². The molecule has 2 rings (SSSR count). The van der Waals surface area contributed by atoms with Gasteiger partial charge in [0.05, 0.1) is 12.7 Å². The van der Waals surface area contributed by atoms with Gasteiger partial charge >= 0.3 is 0 Å². The van der Waals surface area contributed by atoms with Gasteiger partial charge in [0, 0.05) is 12.0 Å². The van der Waals surface area contributed by atoms with Crippen LogP contribution < -0.4 is 4.74 Å². The lowest BCUT2D eigenvalue weighted by molar-refractivity contribution is 0.0330. The standard InChI is InChI=1S/C10H11FO3/c11-6-1-2-10-8(3-6)9(13)4-7(5-12)14-10/h1-3,7,9,12-13H,4-5H2/t7-,9-/m0/s1. The van der Waals surface area contributed by atoms with Crippen LogP contribution in [0.1, 0.15) is 18.1 Å². The molecule has 76 valence electrons. The van der Waals surface area contributed by atoms with Crippen LogP contribution in [0.2, 0.25) is 0 Å². The molecule has 1 aromatic carbocycles. The van der Waals surface area contributed by atoms with Gasteiger partial charge in [0.15, 0.2) is 0 Å². The number of fused-ring (bicyclic) bond motifs is 1. The average molecular weight is 198 g/mol. The number of aliphatic hydroxyl groups is 2. The van der Waals surface area contributed by atoms with E-state index >= 15 is 0 Å². The van der Waals surface area contributed by atoms with Crippen LogP contribution in [0, 0.1) is 5.82 Å². The third kappa shape index (κ3) is 1.58.